The van der Waals surface area contributed by atoms with Crippen molar-refractivity contribution in [3.8, 4) is 5.75 Å². The summed E-state index contributed by atoms with van der Waals surface area (Å²) in [4.78, 5) is 40.4. The molecule has 5 N–H and O–H groups in total. The number of amides is 2. The highest BCUT2D eigenvalue weighted by molar-refractivity contribution is 7.98. The quantitative estimate of drug-likeness (QED) is 0.101. The molecule has 1 aliphatic rings. The fraction of sp³-hybridized carbons (Fsp3) is 0.417. The van der Waals surface area contributed by atoms with Crippen LogP contribution in [0.1, 0.15) is 64.9 Å². The standard InChI is InChI=1S/C36H46N4O8S2/c1-5-7-19-35(20-8-6-2)24-40(27-17-13-10-14-18-27)28-21-30(49-4)29(22-31(28)50(46,47)39-35)48-23-32(41)38-36(45,26-15-11-9-12-16-26)34(44)37-25(3)33(42)43/h9-18,21-22,25,39,45H,5-8,19-20,23-24H2,1-4H3,(H,37,44)(H,38,41)(H,42,43)/t25-,36+/m0/s1. The minimum atomic E-state index is -4.09. The number of benzene rings is 3. The van der Waals surface area contributed by atoms with E-state index in [2.05, 4.69) is 29.2 Å². The largest absolute Gasteiger partial charge is 0.483 e. The van der Waals surface area contributed by atoms with Crippen LogP contribution in [-0.2, 0) is 30.1 Å². The molecular formula is C36H46N4O8S2. The molecule has 0 spiro atoms. The molecule has 2 atom stereocenters. The molecule has 0 unspecified atom stereocenters. The SMILES string of the molecule is CCCCC1(CCCC)CN(c2ccccc2)c2cc(SC)c(OCC(=O)N[C@](O)(C(=O)N[C@@H](C)C(=O)O)c3ccccc3)cc2S(=O)(=O)N1. The second-order valence-corrected chi connectivity index (χ2v) is 14.9. The van der Waals surface area contributed by atoms with Gasteiger partial charge in [0.05, 0.1) is 16.1 Å². The van der Waals surface area contributed by atoms with Crippen molar-refractivity contribution in [1.29, 1.82) is 0 Å². The molecule has 3 aromatic rings. The predicted molar refractivity (Wildman–Crippen MR) is 193 cm³/mol. The van der Waals surface area contributed by atoms with E-state index >= 15 is 0 Å². The summed E-state index contributed by atoms with van der Waals surface area (Å²) < 4.78 is 37.5. The minimum Gasteiger partial charge on any atom is -0.483 e. The summed E-state index contributed by atoms with van der Waals surface area (Å²) >= 11 is 1.31. The fourth-order valence-electron chi connectivity index (χ4n) is 5.93. The van der Waals surface area contributed by atoms with Gasteiger partial charge in [-0.3, -0.25) is 14.4 Å². The van der Waals surface area contributed by atoms with Crippen LogP contribution in [0.5, 0.6) is 5.75 Å². The molecule has 50 heavy (non-hydrogen) atoms. The van der Waals surface area contributed by atoms with E-state index in [0.717, 1.165) is 31.4 Å². The van der Waals surface area contributed by atoms with Gasteiger partial charge >= 0.3 is 5.97 Å². The Morgan fingerprint density at radius 3 is 2.18 bits per heavy atom. The Morgan fingerprint density at radius 1 is 1.02 bits per heavy atom. The van der Waals surface area contributed by atoms with Gasteiger partial charge in [-0.05, 0) is 44.2 Å². The first kappa shape index (κ1) is 38.7. The van der Waals surface area contributed by atoms with E-state index in [1.54, 1.807) is 30.5 Å². The molecule has 0 fully saturated rings. The number of carboxylic acids is 1. The highest BCUT2D eigenvalue weighted by Gasteiger charge is 2.43. The summed E-state index contributed by atoms with van der Waals surface area (Å²) in [5.74, 6) is -3.29. The Labute approximate surface area is 298 Å². The monoisotopic (exact) mass is 726 g/mol. The van der Waals surface area contributed by atoms with Crippen molar-refractivity contribution in [2.24, 2.45) is 0 Å². The summed E-state index contributed by atoms with van der Waals surface area (Å²) in [6.45, 7) is 5.10. The van der Waals surface area contributed by atoms with Crippen molar-refractivity contribution >= 4 is 50.9 Å². The van der Waals surface area contributed by atoms with Crippen LogP contribution in [0.25, 0.3) is 0 Å². The summed E-state index contributed by atoms with van der Waals surface area (Å²) in [5.41, 5.74) is -2.07. The third kappa shape index (κ3) is 8.97. The van der Waals surface area contributed by atoms with Crippen LogP contribution in [-0.4, -0.2) is 67.4 Å². The second kappa shape index (κ2) is 16.7. The van der Waals surface area contributed by atoms with Gasteiger partial charge in [-0.15, -0.1) is 11.8 Å². The Morgan fingerprint density at radius 2 is 1.62 bits per heavy atom. The Balaban J connectivity index is 1.71. The van der Waals surface area contributed by atoms with E-state index in [-0.39, 0.29) is 16.2 Å². The summed E-state index contributed by atoms with van der Waals surface area (Å²) in [6, 6.07) is 19.0. The van der Waals surface area contributed by atoms with Crippen molar-refractivity contribution in [3.05, 3.63) is 78.4 Å². The van der Waals surface area contributed by atoms with Crippen LogP contribution in [0, 0.1) is 0 Å². The number of anilines is 2. The molecule has 0 radical (unpaired) electrons. The number of para-hydroxylation sites is 1. The van der Waals surface area contributed by atoms with Crippen LogP contribution < -0.4 is 25.0 Å². The van der Waals surface area contributed by atoms with Crippen LogP contribution in [0.4, 0.5) is 11.4 Å². The number of nitrogens with zero attached hydrogens (tertiary/aromatic N) is 1. The Kier molecular flexibility index (Phi) is 12.9. The van der Waals surface area contributed by atoms with Gasteiger partial charge in [-0.1, -0.05) is 88.1 Å². The van der Waals surface area contributed by atoms with Gasteiger partial charge in [0.1, 0.15) is 16.7 Å². The maximum Gasteiger partial charge on any atom is 0.325 e. The zero-order valence-corrected chi connectivity index (χ0v) is 30.4. The number of fused-ring (bicyclic) bond motifs is 1. The maximum absolute atomic E-state index is 14.3. The van der Waals surface area contributed by atoms with Crippen LogP contribution in [0.15, 0.2) is 82.6 Å². The number of sulfonamides is 1. The first-order valence-corrected chi connectivity index (χ1v) is 19.3. The molecule has 0 saturated heterocycles. The lowest BCUT2D eigenvalue weighted by atomic mass is 9.87. The maximum atomic E-state index is 14.3. The lowest BCUT2D eigenvalue weighted by molar-refractivity contribution is -0.154. The van der Waals surface area contributed by atoms with E-state index in [0.29, 0.717) is 30.0 Å². The first-order valence-electron chi connectivity index (χ1n) is 16.6. The Hall–Kier alpha value is -4.11. The molecule has 2 amide bonds. The number of aliphatic hydroxyl groups is 1. The summed E-state index contributed by atoms with van der Waals surface area (Å²) in [6.07, 6.45) is 6.61. The number of thioether (sulfide) groups is 1. The number of ether oxygens (including phenoxy) is 1. The number of aliphatic carboxylic acids is 1. The lowest BCUT2D eigenvalue weighted by Gasteiger charge is -2.37. The van der Waals surface area contributed by atoms with Gasteiger partial charge in [-0.2, -0.15) is 0 Å². The number of hydrogen-bond acceptors (Lipinski definition) is 9. The number of nitrogens with one attached hydrogen (secondary N) is 3. The molecule has 14 heteroatoms. The summed E-state index contributed by atoms with van der Waals surface area (Å²) in [5, 5.41) is 25.2. The molecule has 3 aromatic carbocycles. The van der Waals surface area contributed by atoms with Crippen LogP contribution >= 0.6 is 11.8 Å². The third-order valence-electron chi connectivity index (χ3n) is 8.64. The third-order valence-corrected chi connectivity index (χ3v) is 11.0. The molecule has 4 rings (SSSR count). The van der Waals surface area contributed by atoms with Crippen molar-refractivity contribution in [3.63, 3.8) is 0 Å². The molecule has 0 saturated carbocycles. The normalized spacial score (nSPS) is 16.6. The molecule has 270 valence electrons. The van der Waals surface area contributed by atoms with Gasteiger partial charge in [-0.25, -0.2) is 13.1 Å². The van der Waals surface area contributed by atoms with Gasteiger partial charge < -0.3 is 30.5 Å². The molecule has 1 heterocycles. The van der Waals surface area contributed by atoms with Gasteiger partial charge in [0.2, 0.25) is 15.7 Å². The average Bonchev–Trinajstić information content (AvgIpc) is 3.20. The van der Waals surface area contributed by atoms with E-state index in [4.69, 9.17) is 4.74 Å². The molecule has 0 bridgehead atoms. The fourth-order valence-corrected chi connectivity index (χ4v) is 8.13. The van der Waals surface area contributed by atoms with Gasteiger partial charge in [0.15, 0.2) is 6.61 Å². The number of carbonyl (C=O) groups excluding carboxylic acids is 2. The number of hydrogen-bond donors (Lipinski definition) is 5. The molecular weight excluding hydrogens is 681 g/mol. The van der Waals surface area contributed by atoms with Crippen LogP contribution in [0.3, 0.4) is 0 Å². The number of rotatable bonds is 16. The summed E-state index contributed by atoms with van der Waals surface area (Å²) in [7, 11) is -4.09. The van der Waals surface area contributed by atoms with Gasteiger partial charge in [0, 0.05) is 23.9 Å². The minimum absolute atomic E-state index is 0.00717. The Bertz CT molecular complexity index is 1750. The van der Waals surface area contributed by atoms with E-state index in [1.807, 2.05) is 35.2 Å². The van der Waals surface area contributed by atoms with E-state index < -0.39 is 51.7 Å². The lowest BCUT2D eigenvalue weighted by Crippen LogP contribution is -2.59. The topological polar surface area (TPSA) is 174 Å². The molecule has 1 aliphatic heterocycles. The number of carboxylic acid groups (broad SMARTS) is 1. The number of unbranched alkanes of at least 4 members (excludes halogenated alkanes) is 2. The molecule has 12 nitrogen and oxygen atoms in total. The van der Waals surface area contributed by atoms with E-state index in [1.165, 1.54) is 36.9 Å². The second-order valence-electron chi connectivity index (χ2n) is 12.4. The highest BCUT2D eigenvalue weighted by atomic mass is 32.2. The van der Waals surface area contributed by atoms with Gasteiger partial charge in [0.25, 0.3) is 11.8 Å². The first-order chi connectivity index (χ1) is 23.8. The average molecular weight is 727 g/mol. The van der Waals surface area contributed by atoms with E-state index in [9.17, 15) is 33.0 Å². The molecule has 0 aliphatic carbocycles. The van der Waals surface area contributed by atoms with Crippen molar-refractivity contribution < 1.29 is 37.8 Å². The van der Waals surface area contributed by atoms with Crippen molar-refractivity contribution in [1.82, 2.24) is 15.4 Å². The van der Waals surface area contributed by atoms with Crippen molar-refractivity contribution in [2.75, 3.05) is 24.3 Å². The zero-order chi connectivity index (χ0) is 36.5. The highest BCUT2D eigenvalue weighted by Crippen LogP contribution is 2.44. The van der Waals surface area contributed by atoms with Crippen molar-refractivity contribution in [2.45, 2.75) is 86.4 Å². The number of carbonyl (C=O) groups is 3. The zero-order valence-electron chi connectivity index (χ0n) is 28.8. The van der Waals surface area contributed by atoms with Crippen LogP contribution in [0.2, 0.25) is 0 Å². The predicted octanol–water partition coefficient (Wildman–Crippen LogP) is 4.89. The molecule has 0 aromatic heterocycles. The smallest absolute Gasteiger partial charge is 0.325 e.